The van der Waals surface area contributed by atoms with Crippen LogP contribution in [0.2, 0.25) is 0 Å². The highest BCUT2D eigenvalue weighted by atomic mass is 32.2. The third kappa shape index (κ3) is 5.23. The van der Waals surface area contributed by atoms with Crippen LogP contribution in [0, 0.1) is 27.7 Å². The number of carboxylic acid groups (broad SMARTS) is 1. The van der Waals surface area contributed by atoms with E-state index < -0.39 is 32.2 Å². The van der Waals surface area contributed by atoms with Gasteiger partial charge in [0.15, 0.2) is 16.4 Å². The van der Waals surface area contributed by atoms with E-state index in [1.165, 1.54) is 52.0 Å². The van der Waals surface area contributed by atoms with E-state index in [-0.39, 0.29) is 44.9 Å². The van der Waals surface area contributed by atoms with Crippen molar-refractivity contribution in [1.29, 1.82) is 0 Å². The van der Waals surface area contributed by atoms with E-state index in [2.05, 4.69) is 15.0 Å². The van der Waals surface area contributed by atoms with Crippen LogP contribution >= 0.6 is 0 Å². The molecule has 0 spiro atoms. The minimum Gasteiger partial charge on any atom is -0.480 e. The number of benzene rings is 1. The lowest BCUT2D eigenvalue weighted by atomic mass is 10.1. The van der Waals surface area contributed by atoms with Crippen molar-refractivity contribution < 1.29 is 40.0 Å². The van der Waals surface area contributed by atoms with Gasteiger partial charge in [0.25, 0.3) is 0 Å². The molecule has 0 aliphatic carbocycles. The van der Waals surface area contributed by atoms with E-state index in [4.69, 9.17) is 13.2 Å². The maximum atomic E-state index is 12.6. The third-order valence-corrected chi connectivity index (χ3v) is 7.83. The molecule has 2 N–H and O–H groups in total. The molecule has 33 heavy (non-hydrogen) atoms. The number of carboxylic acids is 1. The Morgan fingerprint density at radius 2 is 1.48 bits per heavy atom. The minimum absolute atomic E-state index is 0.0260. The van der Waals surface area contributed by atoms with Crippen molar-refractivity contribution in [2.45, 2.75) is 49.9 Å². The lowest BCUT2D eigenvalue weighted by molar-refractivity contribution is -0.138. The number of aromatic nitrogens is 2. The topological polar surface area (TPSA) is 179 Å². The van der Waals surface area contributed by atoms with Crippen molar-refractivity contribution in [2.75, 3.05) is 0 Å². The molecular formula is C19H21N3O9S2. The number of nitrogens with zero attached hydrogens (tertiary/aromatic N) is 2. The molecule has 0 saturated carbocycles. The number of aryl methyl sites for hydroxylation is 4. The van der Waals surface area contributed by atoms with Gasteiger partial charge in [-0.15, -0.1) is 0 Å². The zero-order chi connectivity index (χ0) is 24.6. The zero-order valence-electron chi connectivity index (χ0n) is 18.0. The van der Waals surface area contributed by atoms with Gasteiger partial charge in [-0.1, -0.05) is 22.4 Å². The second kappa shape index (κ2) is 8.96. The fourth-order valence-electron chi connectivity index (χ4n) is 3.20. The Balaban J connectivity index is 1.76. The lowest BCUT2D eigenvalue weighted by Gasteiger charge is -2.15. The Hall–Kier alpha value is -3.23. The molecule has 3 aromatic rings. The van der Waals surface area contributed by atoms with E-state index in [0.717, 1.165) is 0 Å². The smallest absolute Gasteiger partial charge is 0.344 e. The van der Waals surface area contributed by atoms with Crippen molar-refractivity contribution >= 4 is 26.1 Å². The van der Waals surface area contributed by atoms with Crippen molar-refractivity contribution in [3.8, 4) is 5.75 Å². The Bertz CT molecular complexity index is 1350. The maximum Gasteiger partial charge on any atom is 0.344 e. The van der Waals surface area contributed by atoms with Gasteiger partial charge in [-0.25, -0.2) is 8.42 Å². The van der Waals surface area contributed by atoms with Gasteiger partial charge >= 0.3 is 16.1 Å². The molecule has 12 nitrogen and oxygen atoms in total. The van der Waals surface area contributed by atoms with Crippen LogP contribution in [0.15, 0.2) is 43.1 Å². The van der Waals surface area contributed by atoms with Gasteiger partial charge in [-0.05, 0) is 51.8 Å². The van der Waals surface area contributed by atoms with E-state index in [9.17, 15) is 26.7 Å². The molecule has 0 saturated heterocycles. The van der Waals surface area contributed by atoms with E-state index in [0.29, 0.717) is 5.56 Å². The summed E-state index contributed by atoms with van der Waals surface area (Å²) >= 11 is 0. The molecular weight excluding hydrogens is 478 g/mol. The predicted octanol–water partition coefficient (Wildman–Crippen LogP) is 1.64. The highest BCUT2D eigenvalue weighted by molar-refractivity contribution is 7.89. The van der Waals surface area contributed by atoms with Gasteiger partial charge < -0.3 is 18.3 Å². The summed E-state index contributed by atoms with van der Waals surface area (Å²) in [7, 11) is -8.41. The van der Waals surface area contributed by atoms with Crippen LogP contribution in [-0.2, 0) is 31.4 Å². The highest BCUT2D eigenvalue weighted by Crippen LogP contribution is 2.25. The molecule has 0 unspecified atom stereocenters. The van der Waals surface area contributed by atoms with Gasteiger partial charge in [-0.2, -0.15) is 13.1 Å². The lowest BCUT2D eigenvalue weighted by Crippen LogP contribution is -2.42. The van der Waals surface area contributed by atoms with Crippen LogP contribution in [0.1, 0.15) is 28.5 Å². The summed E-state index contributed by atoms with van der Waals surface area (Å²) in [4.78, 5) is 11.3. The number of sulfonamides is 1. The minimum atomic E-state index is -4.21. The summed E-state index contributed by atoms with van der Waals surface area (Å²) in [6, 6.07) is 4.01. The molecule has 0 aliphatic heterocycles. The average Bonchev–Trinajstić information content (AvgIpc) is 3.23. The Morgan fingerprint density at radius 3 is 1.94 bits per heavy atom. The van der Waals surface area contributed by atoms with E-state index in [1.54, 1.807) is 0 Å². The van der Waals surface area contributed by atoms with Gasteiger partial charge in [0.05, 0.1) is 0 Å². The molecule has 0 bridgehead atoms. The van der Waals surface area contributed by atoms with Gasteiger partial charge in [-0.3, -0.25) is 4.79 Å². The van der Waals surface area contributed by atoms with Crippen LogP contribution < -0.4 is 8.91 Å². The molecule has 14 heteroatoms. The number of hydrogen-bond acceptors (Lipinski definition) is 10. The Kier molecular flexibility index (Phi) is 6.63. The normalized spacial score (nSPS) is 13.1. The highest BCUT2D eigenvalue weighted by Gasteiger charge is 2.31. The maximum absolute atomic E-state index is 12.6. The molecule has 1 aromatic carbocycles. The quantitative estimate of drug-likeness (QED) is 0.409. The van der Waals surface area contributed by atoms with E-state index in [1.807, 2.05) is 0 Å². The molecule has 2 heterocycles. The summed E-state index contributed by atoms with van der Waals surface area (Å²) in [5, 5.41) is 16.7. The number of hydrogen-bond donors (Lipinski definition) is 2. The van der Waals surface area contributed by atoms with Crippen molar-refractivity contribution in [2.24, 2.45) is 0 Å². The van der Waals surface area contributed by atoms with Crippen LogP contribution in [0.5, 0.6) is 5.75 Å². The first-order chi connectivity index (χ1) is 15.3. The van der Waals surface area contributed by atoms with Crippen molar-refractivity contribution in [3.05, 3.63) is 52.7 Å². The number of nitrogens with one attached hydrogen (secondary N) is 1. The Labute approximate surface area is 189 Å². The molecule has 2 aromatic heterocycles. The third-order valence-electron chi connectivity index (χ3n) is 4.62. The summed E-state index contributed by atoms with van der Waals surface area (Å²) < 4.78 is 67.2. The second-order valence-electron chi connectivity index (χ2n) is 7.20. The van der Waals surface area contributed by atoms with Gasteiger partial charge in [0, 0.05) is 0 Å². The summed E-state index contributed by atoms with van der Waals surface area (Å²) in [6.07, 6.45) is -0.213. The van der Waals surface area contributed by atoms with Crippen LogP contribution in [0.4, 0.5) is 0 Å². The molecule has 178 valence electrons. The number of carbonyl (C=O) groups is 1. The van der Waals surface area contributed by atoms with Crippen molar-refractivity contribution in [1.82, 2.24) is 15.0 Å². The zero-order valence-corrected chi connectivity index (χ0v) is 19.7. The molecule has 0 radical (unpaired) electrons. The van der Waals surface area contributed by atoms with E-state index >= 15 is 0 Å². The predicted molar refractivity (Wildman–Crippen MR) is 112 cm³/mol. The van der Waals surface area contributed by atoms with Gasteiger partial charge in [0.2, 0.25) is 10.0 Å². The summed E-state index contributed by atoms with van der Waals surface area (Å²) in [5.74, 6) is -1.31. The average molecular weight is 500 g/mol. The fraction of sp³-hybridized carbons (Fsp3) is 0.316. The monoisotopic (exact) mass is 499 g/mol. The number of aliphatic carboxylic acids is 1. The summed E-state index contributed by atoms with van der Waals surface area (Å²) in [5.41, 5.74) is 0.676. The first-order valence-electron chi connectivity index (χ1n) is 9.46. The first-order valence-corrected chi connectivity index (χ1v) is 12.4. The van der Waals surface area contributed by atoms with Crippen LogP contribution in [0.25, 0.3) is 0 Å². The van der Waals surface area contributed by atoms with Crippen LogP contribution in [-0.4, -0.2) is 44.3 Å². The standard InChI is InChI=1S/C19H21N3O9S2/c1-10-17(12(3)29-20-10)32(25,26)22-16(19(23)24)9-14-5-7-15(8-6-14)31-33(27,28)18-11(2)21-30-13(18)4/h5-8,16,22H,9H2,1-4H3,(H,23,24)/t16-/m0/s1. The first kappa shape index (κ1) is 24.4. The van der Waals surface area contributed by atoms with Crippen molar-refractivity contribution in [3.63, 3.8) is 0 Å². The summed E-state index contributed by atoms with van der Waals surface area (Å²) in [6.45, 7) is 5.73. The molecule has 3 rings (SSSR count). The second-order valence-corrected chi connectivity index (χ2v) is 10.3. The molecule has 1 atom stereocenters. The molecule has 0 fully saturated rings. The fourth-order valence-corrected chi connectivity index (χ4v) is 5.96. The number of rotatable bonds is 9. The van der Waals surface area contributed by atoms with Crippen LogP contribution in [0.3, 0.4) is 0 Å². The molecule has 0 aliphatic rings. The molecule has 0 amide bonds. The largest absolute Gasteiger partial charge is 0.480 e. The van der Waals surface area contributed by atoms with Gasteiger partial charge in [0.1, 0.15) is 28.1 Å². The SMILES string of the molecule is Cc1noc(C)c1S(=O)(=O)N[C@@H](Cc1ccc(OS(=O)(=O)c2c(C)noc2C)cc1)C(=O)O. The Morgan fingerprint density at radius 1 is 0.970 bits per heavy atom.